The summed E-state index contributed by atoms with van der Waals surface area (Å²) in [5.41, 5.74) is 2.44. The van der Waals surface area contributed by atoms with Gasteiger partial charge in [0.25, 0.3) is 0 Å². The highest BCUT2D eigenvalue weighted by Gasteiger charge is 2.17. The lowest BCUT2D eigenvalue weighted by atomic mass is 10.1. The number of rotatable bonds is 8. The number of benzene rings is 2. The van der Waals surface area contributed by atoms with Crippen LogP contribution in [0.3, 0.4) is 0 Å². The molecule has 0 saturated heterocycles. The molecule has 2 aromatic carbocycles. The molecule has 0 fully saturated rings. The number of ketones is 1. The fraction of sp³-hybridized carbons (Fsp3) is 0.238. The van der Waals surface area contributed by atoms with Gasteiger partial charge in [-0.25, -0.2) is 0 Å². The van der Waals surface area contributed by atoms with Gasteiger partial charge in [0.1, 0.15) is 5.82 Å². The zero-order chi connectivity index (χ0) is 21.7. The van der Waals surface area contributed by atoms with E-state index in [2.05, 4.69) is 15.5 Å². The Balaban J connectivity index is 1.85. The van der Waals surface area contributed by atoms with E-state index in [4.69, 9.17) is 23.2 Å². The molecule has 0 unspecified atom stereocenters. The Kier molecular flexibility index (Phi) is 7.53. The van der Waals surface area contributed by atoms with Crippen molar-refractivity contribution in [3.05, 3.63) is 69.5 Å². The second-order valence-electron chi connectivity index (χ2n) is 6.67. The van der Waals surface area contributed by atoms with Gasteiger partial charge >= 0.3 is 0 Å². The van der Waals surface area contributed by atoms with Crippen molar-refractivity contribution in [3.63, 3.8) is 0 Å². The SMILES string of the molecule is CC(=O)NCCc1nnc(SCC(=O)c2ccc(C)cc2)n1-c1cc(Cl)cc(Cl)c1. The number of halogens is 2. The van der Waals surface area contributed by atoms with Crippen molar-refractivity contribution in [2.45, 2.75) is 25.4 Å². The molecular formula is C21H20Cl2N4O2S. The summed E-state index contributed by atoms with van der Waals surface area (Å²) in [6.07, 6.45) is 0.461. The van der Waals surface area contributed by atoms with Gasteiger partial charge in [-0.2, -0.15) is 0 Å². The average Bonchev–Trinajstić information content (AvgIpc) is 3.08. The van der Waals surface area contributed by atoms with Gasteiger partial charge in [0.05, 0.1) is 11.4 Å². The summed E-state index contributed by atoms with van der Waals surface area (Å²) in [7, 11) is 0. The van der Waals surface area contributed by atoms with Gasteiger partial charge in [0.15, 0.2) is 10.9 Å². The molecule has 1 heterocycles. The van der Waals surface area contributed by atoms with Crippen LogP contribution in [0.15, 0.2) is 47.6 Å². The standard InChI is InChI=1S/C21H20Cl2N4O2S/c1-13-3-5-15(6-4-13)19(29)12-30-21-26-25-20(7-8-24-14(2)28)27(21)18-10-16(22)9-17(23)11-18/h3-6,9-11H,7-8,12H2,1-2H3,(H,24,28). The van der Waals surface area contributed by atoms with E-state index in [-0.39, 0.29) is 17.4 Å². The Labute approximate surface area is 189 Å². The van der Waals surface area contributed by atoms with Crippen LogP contribution in [-0.4, -0.2) is 38.8 Å². The summed E-state index contributed by atoms with van der Waals surface area (Å²) in [6.45, 7) is 3.85. The van der Waals surface area contributed by atoms with E-state index >= 15 is 0 Å². The van der Waals surface area contributed by atoms with Crippen LogP contribution in [0.4, 0.5) is 0 Å². The Bertz CT molecular complexity index is 1050. The Morgan fingerprint density at radius 2 is 1.73 bits per heavy atom. The number of hydrogen-bond acceptors (Lipinski definition) is 5. The predicted molar refractivity (Wildman–Crippen MR) is 120 cm³/mol. The van der Waals surface area contributed by atoms with Gasteiger partial charge in [0, 0.05) is 35.5 Å². The second-order valence-corrected chi connectivity index (χ2v) is 8.49. The lowest BCUT2D eigenvalue weighted by molar-refractivity contribution is -0.118. The molecule has 0 saturated carbocycles. The molecule has 0 spiro atoms. The molecule has 0 radical (unpaired) electrons. The second kappa shape index (κ2) is 10.1. The number of Topliss-reactive ketones (excluding diaryl/α,β-unsaturated/α-hetero) is 1. The molecule has 3 rings (SSSR count). The number of aromatic nitrogens is 3. The molecule has 0 bridgehead atoms. The Hall–Kier alpha value is -2.35. The average molecular weight is 463 g/mol. The van der Waals surface area contributed by atoms with Crippen LogP contribution in [0, 0.1) is 6.92 Å². The van der Waals surface area contributed by atoms with E-state index in [1.54, 1.807) is 18.2 Å². The van der Waals surface area contributed by atoms with Gasteiger partial charge in [-0.15, -0.1) is 10.2 Å². The molecule has 0 atom stereocenters. The van der Waals surface area contributed by atoms with Crippen LogP contribution in [0.1, 0.15) is 28.7 Å². The number of carbonyl (C=O) groups is 2. The normalized spacial score (nSPS) is 10.8. The molecule has 0 aliphatic heterocycles. The van der Waals surface area contributed by atoms with Crippen LogP contribution in [0.5, 0.6) is 0 Å². The highest BCUT2D eigenvalue weighted by Crippen LogP contribution is 2.27. The summed E-state index contributed by atoms with van der Waals surface area (Å²) in [6, 6.07) is 12.6. The molecule has 1 N–H and O–H groups in total. The third-order valence-electron chi connectivity index (χ3n) is 4.23. The number of carbonyl (C=O) groups excluding carboxylic acids is 2. The number of thioether (sulfide) groups is 1. The molecule has 0 aliphatic carbocycles. The van der Waals surface area contributed by atoms with E-state index in [0.29, 0.717) is 45.2 Å². The maximum absolute atomic E-state index is 12.6. The minimum Gasteiger partial charge on any atom is -0.356 e. The van der Waals surface area contributed by atoms with Crippen LogP contribution >= 0.6 is 35.0 Å². The smallest absolute Gasteiger partial charge is 0.216 e. The van der Waals surface area contributed by atoms with Crippen molar-refractivity contribution in [1.29, 1.82) is 0 Å². The van der Waals surface area contributed by atoms with E-state index in [1.807, 2.05) is 35.8 Å². The number of aryl methyl sites for hydroxylation is 1. The van der Waals surface area contributed by atoms with Crippen molar-refractivity contribution >= 4 is 46.7 Å². The zero-order valence-electron chi connectivity index (χ0n) is 16.5. The van der Waals surface area contributed by atoms with E-state index < -0.39 is 0 Å². The van der Waals surface area contributed by atoms with Gasteiger partial charge in [-0.05, 0) is 25.1 Å². The van der Waals surface area contributed by atoms with E-state index in [9.17, 15) is 9.59 Å². The first-order chi connectivity index (χ1) is 14.3. The fourth-order valence-electron chi connectivity index (χ4n) is 2.79. The molecular weight excluding hydrogens is 443 g/mol. The van der Waals surface area contributed by atoms with Crippen molar-refractivity contribution in [3.8, 4) is 5.69 Å². The molecule has 6 nitrogen and oxygen atoms in total. The topological polar surface area (TPSA) is 76.9 Å². The first-order valence-corrected chi connectivity index (χ1v) is 11.0. The maximum atomic E-state index is 12.6. The number of nitrogens with one attached hydrogen (secondary N) is 1. The van der Waals surface area contributed by atoms with E-state index in [0.717, 1.165) is 5.56 Å². The molecule has 1 aromatic heterocycles. The molecule has 0 aliphatic rings. The van der Waals surface area contributed by atoms with Crippen molar-refractivity contribution < 1.29 is 9.59 Å². The van der Waals surface area contributed by atoms with Gasteiger partial charge in [-0.3, -0.25) is 14.2 Å². The summed E-state index contributed by atoms with van der Waals surface area (Å²) < 4.78 is 1.81. The summed E-state index contributed by atoms with van der Waals surface area (Å²) >= 11 is 13.7. The highest BCUT2D eigenvalue weighted by molar-refractivity contribution is 7.99. The van der Waals surface area contributed by atoms with Crippen molar-refractivity contribution in [1.82, 2.24) is 20.1 Å². The fourth-order valence-corrected chi connectivity index (χ4v) is 4.17. The van der Waals surface area contributed by atoms with Gasteiger partial charge in [-0.1, -0.05) is 64.8 Å². The summed E-state index contributed by atoms with van der Waals surface area (Å²) in [4.78, 5) is 23.8. The van der Waals surface area contributed by atoms with Gasteiger partial charge < -0.3 is 5.32 Å². The van der Waals surface area contributed by atoms with Gasteiger partial charge in [0.2, 0.25) is 5.91 Å². The summed E-state index contributed by atoms with van der Waals surface area (Å²) in [5.74, 6) is 0.720. The Morgan fingerprint density at radius 1 is 1.07 bits per heavy atom. The lowest BCUT2D eigenvalue weighted by Crippen LogP contribution is -2.23. The number of hydrogen-bond donors (Lipinski definition) is 1. The largest absolute Gasteiger partial charge is 0.356 e. The highest BCUT2D eigenvalue weighted by atomic mass is 35.5. The maximum Gasteiger partial charge on any atom is 0.216 e. The number of amides is 1. The molecule has 3 aromatic rings. The van der Waals surface area contributed by atoms with Crippen LogP contribution in [-0.2, 0) is 11.2 Å². The molecule has 30 heavy (non-hydrogen) atoms. The van der Waals surface area contributed by atoms with Crippen molar-refractivity contribution in [2.24, 2.45) is 0 Å². The summed E-state index contributed by atoms with van der Waals surface area (Å²) in [5, 5.41) is 12.8. The Morgan fingerprint density at radius 3 is 2.37 bits per heavy atom. The lowest BCUT2D eigenvalue weighted by Gasteiger charge is -2.11. The zero-order valence-corrected chi connectivity index (χ0v) is 18.8. The predicted octanol–water partition coefficient (Wildman–Crippen LogP) is 4.54. The van der Waals surface area contributed by atoms with Crippen molar-refractivity contribution in [2.75, 3.05) is 12.3 Å². The quantitative estimate of drug-likeness (QED) is 0.392. The van der Waals surface area contributed by atoms with E-state index in [1.165, 1.54) is 18.7 Å². The molecule has 156 valence electrons. The molecule has 1 amide bonds. The van der Waals surface area contributed by atoms with Crippen LogP contribution in [0.2, 0.25) is 10.0 Å². The minimum atomic E-state index is -0.120. The first-order valence-electron chi connectivity index (χ1n) is 9.21. The van der Waals surface area contributed by atoms with Crippen LogP contribution < -0.4 is 5.32 Å². The monoisotopic (exact) mass is 462 g/mol. The number of nitrogens with zero attached hydrogens (tertiary/aromatic N) is 3. The third kappa shape index (κ3) is 5.84. The van der Waals surface area contributed by atoms with Crippen LogP contribution in [0.25, 0.3) is 5.69 Å². The first kappa shape index (κ1) is 22.3. The third-order valence-corrected chi connectivity index (χ3v) is 5.60. The molecule has 9 heteroatoms. The minimum absolute atomic E-state index is 0.00141.